The number of rotatable bonds is 3. The fourth-order valence-corrected chi connectivity index (χ4v) is 0.389. The molecule has 0 fully saturated rings. The molecule has 0 rings (SSSR count). The lowest BCUT2D eigenvalue weighted by Gasteiger charge is -2.04. The normalized spacial score (nSPS) is 12.8. The number of carbonyl (C=O) groups excluding carboxylic acids is 1. The highest BCUT2D eigenvalue weighted by Crippen LogP contribution is 2.00. The molecule has 0 aliphatic rings. The summed E-state index contributed by atoms with van der Waals surface area (Å²) in [4.78, 5) is 10.2. The summed E-state index contributed by atoms with van der Waals surface area (Å²) in [7, 11) is 0. The van der Waals surface area contributed by atoms with Gasteiger partial charge in [0.15, 0.2) is 0 Å². The van der Waals surface area contributed by atoms with Gasteiger partial charge in [0.2, 0.25) is 0 Å². The predicted molar refractivity (Wildman–Crippen MR) is 36.6 cm³/mol. The summed E-state index contributed by atoms with van der Waals surface area (Å²) in [6.45, 7) is 3.65. The maximum Gasteiger partial charge on any atom is 0.302 e. The predicted octanol–water partition coefficient (Wildman–Crippen LogP) is 1.57. The Labute approximate surface area is 60.1 Å². The first-order chi connectivity index (χ1) is 4.16. The van der Waals surface area contributed by atoms with E-state index in [0.717, 1.165) is 6.42 Å². The van der Waals surface area contributed by atoms with Crippen LogP contribution in [0.25, 0.3) is 0 Å². The van der Waals surface area contributed by atoms with Crippen LogP contribution in [0.5, 0.6) is 0 Å². The number of carbonyl (C=O) groups is 1. The number of ether oxygens (including phenoxy) is 1. The average molecular weight is 151 g/mol. The highest BCUT2D eigenvalue weighted by atomic mass is 35.5. The van der Waals surface area contributed by atoms with Gasteiger partial charge in [0.1, 0.15) is 6.61 Å². The molecule has 0 aromatic heterocycles. The van der Waals surface area contributed by atoms with Crippen LogP contribution in [-0.4, -0.2) is 18.0 Å². The monoisotopic (exact) mass is 150 g/mol. The van der Waals surface area contributed by atoms with Gasteiger partial charge >= 0.3 is 5.97 Å². The van der Waals surface area contributed by atoms with Crippen LogP contribution in [0.4, 0.5) is 0 Å². The van der Waals surface area contributed by atoms with Crippen LogP contribution in [-0.2, 0) is 9.53 Å². The fraction of sp³-hybridized carbons (Fsp3) is 0.833. The van der Waals surface area contributed by atoms with Crippen LogP contribution < -0.4 is 0 Å². The van der Waals surface area contributed by atoms with Crippen LogP contribution in [0.3, 0.4) is 0 Å². The molecule has 0 spiro atoms. The molecule has 0 bridgehead atoms. The number of hydrogen-bond donors (Lipinski definition) is 0. The first-order valence-electron chi connectivity index (χ1n) is 2.94. The molecule has 0 aromatic rings. The SMILES string of the molecule is CCC(Cl)COC(C)=O. The topological polar surface area (TPSA) is 26.3 Å². The summed E-state index contributed by atoms with van der Waals surface area (Å²) in [6, 6.07) is 0. The number of halogens is 1. The van der Waals surface area contributed by atoms with Gasteiger partial charge in [-0.1, -0.05) is 6.92 Å². The Hall–Kier alpha value is -0.240. The van der Waals surface area contributed by atoms with Crippen molar-refractivity contribution in [2.45, 2.75) is 25.6 Å². The Kier molecular flexibility index (Phi) is 4.50. The van der Waals surface area contributed by atoms with Crippen LogP contribution in [0.2, 0.25) is 0 Å². The lowest BCUT2D eigenvalue weighted by atomic mass is 10.3. The molecule has 3 heteroatoms. The van der Waals surface area contributed by atoms with Gasteiger partial charge in [0.25, 0.3) is 0 Å². The van der Waals surface area contributed by atoms with Crippen LogP contribution >= 0.6 is 11.6 Å². The molecule has 0 heterocycles. The quantitative estimate of drug-likeness (QED) is 0.451. The third-order valence-electron chi connectivity index (χ3n) is 0.910. The van der Waals surface area contributed by atoms with Gasteiger partial charge in [-0.2, -0.15) is 0 Å². The van der Waals surface area contributed by atoms with Crippen LogP contribution in [0.1, 0.15) is 20.3 Å². The molecule has 0 aliphatic heterocycles. The number of esters is 1. The molecule has 0 amide bonds. The number of alkyl halides is 1. The third kappa shape index (κ3) is 5.63. The van der Waals surface area contributed by atoms with Gasteiger partial charge < -0.3 is 4.74 Å². The Morgan fingerprint density at radius 3 is 2.67 bits per heavy atom. The van der Waals surface area contributed by atoms with Crippen molar-refractivity contribution >= 4 is 17.6 Å². The molecule has 54 valence electrons. The van der Waals surface area contributed by atoms with Gasteiger partial charge in [0.05, 0.1) is 5.38 Å². The summed E-state index contributed by atoms with van der Waals surface area (Å²) in [5.41, 5.74) is 0. The minimum Gasteiger partial charge on any atom is -0.464 e. The molecule has 0 N–H and O–H groups in total. The first-order valence-corrected chi connectivity index (χ1v) is 3.38. The van der Waals surface area contributed by atoms with Crippen molar-refractivity contribution in [1.29, 1.82) is 0 Å². The maximum atomic E-state index is 10.2. The van der Waals surface area contributed by atoms with Gasteiger partial charge in [-0.3, -0.25) is 4.79 Å². The lowest BCUT2D eigenvalue weighted by molar-refractivity contribution is -0.140. The first kappa shape index (κ1) is 8.76. The smallest absolute Gasteiger partial charge is 0.302 e. The Bertz CT molecular complexity index is 93.1. The van der Waals surface area contributed by atoms with Gasteiger partial charge in [-0.25, -0.2) is 0 Å². The minimum atomic E-state index is -0.269. The van der Waals surface area contributed by atoms with E-state index in [1.807, 2.05) is 6.92 Å². The highest BCUT2D eigenvalue weighted by Gasteiger charge is 2.01. The molecule has 0 aliphatic carbocycles. The van der Waals surface area contributed by atoms with E-state index in [-0.39, 0.29) is 11.3 Å². The van der Waals surface area contributed by atoms with Crippen LogP contribution in [0.15, 0.2) is 0 Å². The molecule has 1 unspecified atom stereocenters. The minimum absolute atomic E-state index is 0.0334. The Balaban J connectivity index is 3.16. The largest absolute Gasteiger partial charge is 0.464 e. The Morgan fingerprint density at radius 1 is 1.78 bits per heavy atom. The van der Waals surface area contributed by atoms with Crippen molar-refractivity contribution < 1.29 is 9.53 Å². The molecule has 0 aromatic carbocycles. The van der Waals surface area contributed by atoms with Crippen molar-refractivity contribution in [3.05, 3.63) is 0 Å². The van der Waals surface area contributed by atoms with E-state index in [1.54, 1.807) is 0 Å². The summed E-state index contributed by atoms with van der Waals surface area (Å²) < 4.78 is 4.62. The molecule has 2 nitrogen and oxygen atoms in total. The van der Waals surface area contributed by atoms with Gasteiger partial charge in [-0.05, 0) is 6.42 Å². The van der Waals surface area contributed by atoms with Crippen molar-refractivity contribution in [3.8, 4) is 0 Å². The van der Waals surface area contributed by atoms with E-state index in [0.29, 0.717) is 6.61 Å². The maximum absolute atomic E-state index is 10.2. The highest BCUT2D eigenvalue weighted by molar-refractivity contribution is 6.20. The zero-order chi connectivity index (χ0) is 7.28. The second-order valence-corrected chi connectivity index (χ2v) is 2.43. The molecular formula is C6H11ClO2. The molecule has 1 atom stereocenters. The third-order valence-corrected chi connectivity index (χ3v) is 1.35. The van der Waals surface area contributed by atoms with Gasteiger partial charge in [-0.15, -0.1) is 11.6 Å². The molecule has 9 heavy (non-hydrogen) atoms. The van der Waals surface area contributed by atoms with E-state index < -0.39 is 0 Å². The standard InChI is InChI=1S/C6H11ClO2/c1-3-6(7)4-9-5(2)8/h6H,3-4H2,1-2H3. The molecular weight excluding hydrogens is 140 g/mol. The molecule has 0 radical (unpaired) electrons. The van der Waals surface area contributed by atoms with Crippen molar-refractivity contribution in [1.82, 2.24) is 0 Å². The lowest BCUT2D eigenvalue weighted by Crippen LogP contribution is -2.10. The van der Waals surface area contributed by atoms with E-state index >= 15 is 0 Å². The van der Waals surface area contributed by atoms with Gasteiger partial charge in [0, 0.05) is 6.92 Å². The summed E-state index contributed by atoms with van der Waals surface area (Å²) in [5.74, 6) is -0.269. The second kappa shape index (κ2) is 4.62. The summed E-state index contributed by atoms with van der Waals surface area (Å²) in [5, 5.41) is -0.0334. The number of hydrogen-bond acceptors (Lipinski definition) is 2. The zero-order valence-electron chi connectivity index (χ0n) is 5.69. The summed E-state index contributed by atoms with van der Waals surface area (Å²) in [6.07, 6.45) is 0.828. The zero-order valence-corrected chi connectivity index (χ0v) is 6.44. The average Bonchev–Trinajstić information content (AvgIpc) is 1.83. The Morgan fingerprint density at radius 2 is 2.33 bits per heavy atom. The fourth-order valence-electron chi connectivity index (χ4n) is 0.326. The van der Waals surface area contributed by atoms with E-state index in [4.69, 9.17) is 11.6 Å². The van der Waals surface area contributed by atoms with E-state index in [1.165, 1.54) is 6.92 Å². The summed E-state index contributed by atoms with van der Waals surface area (Å²) >= 11 is 5.63. The van der Waals surface area contributed by atoms with Crippen molar-refractivity contribution in [2.75, 3.05) is 6.61 Å². The second-order valence-electron chi connectivity index (χ2n) is 1.81. The molecule has 0 saturated carbocycles. The van der Waals surface area contributed by atoms with Crippen molar-refractivity contribution in [2.24, 2.45) is 0 Å². The van der Waals surface area contributed by atoms with Crippen molar-refractivity contribution in [3.63, 3.8) is 0 Å². The van der Waals surface area contributed by atoms with E-state index in [9.17, 15) is 4.79 Å². The molecule has 0 saturated heterocycles. The van der Waals surface area contributed by atoms with Crippen LogP contribution in [0, 0.1) is 0 Å². The van der Waals surface area contributed by atoms with E-state index in [2.05, 4.69) is 4.74 Å².